The topological polar surface area (TPSA) is 49.4 Å². The number of nitrogens with zero attached hydrogens (tertiary/aromatic N) is 1. The second-order valence-corrected chi connectivity index (χ2v) is 5.20. The molecule has 0 bridgehead atoms. The maximum absolute atomic E-state index is 12.9. The number of amides is 2. The molecule has 0 radical (unpaired) electrons. The molecule has 108 valence electrons. The van der Waals surface area contributed by atoms with Gasteiger partial charge in [0, 0.05) is 24.7 Å². The molecule has 1 saturated heterocycles. The van der Waals surface area contributed by atoms with E-state index in [2.05, 4.69) is 5.32 Å². The van der Waals surface area contributed by atoms with Gasteiger partial charge in [0.15, 0.2) is 0 Å². The molecule has 1 aliphatic heterocycles. The minimum Gasteiger partial charge on any atom is -0.353 e. The maximum Gasteiger partial charge on any atom is 0.227 e. The van der Waals surface area contributed by atoms with E-state index >= 15 is 0 Å². The first kappa shape index (κ1) is 14.5. The van der Waals surface area contributed by atoms with Crippen molar-refractivity contribution in [1.29, 1.82) is 0 Å². The van der Waals surface area contributed by atoms with Crippen LogP contribution < -0.4 is 10.2 Å². The summed E-state index contributed by atoms with van der Waals surface area (Å²) in [5.41, 5.74) is 0.634. The zero-order valence-electron chi connectivity index (χ0n) is 11.7. The summed E-state index contributed by atoms with van der Waals surface area (Å²) in [5.74, 6) is -0.855. The third-order valence-electron chi connectivity index (χ3n) is 3.64. The number of anilines is 1. The Hall–Kier alpha value is -1.91. The van der Waals surface area contributed by atoms with Gasteiger partial charge in [0.2, 0.25) is 11.8 Å². The van der Waals surface area contributed by atoms with E-state index in [4.69, 9.17) is 0 Å². The van der Waals surface area contributed by atoms with Crippen LogP contribution in [0.3, 0.4) is 0 Å². The molecule has 0 spiro atoms. The van der Waals surface area contributed by atoms with Gasteiger partial charge in [-0.25, -0.2) is 4.39 Å². The highest BCUT2D eigenvalue weighted by Crippen LogP contribution is 2.25. The zero-order valence-corrected chi connectivity index (χ0v) is 11.7. The molecular formula is C15H19FN2O2. The lowest BCUT2D eigenvalue weighted by molar-refractivity contribution is -0.126. The van der Waals surface area contributed by atoms with Crippen molar-refractivity contribution in [2.24, 2.45) is 5.92 Å². The van der Waals surface area contributed by atoms with Gasteiger partial charge in [0.25, 0.3) is 0 Å². The normalized spacial score (nSPS) is 20.1. The number of nitrogens with one attached hydrogen (secondary N) is 1. The van der Waals surface area contributed by atoms with E-state index in [1.54, 1.807) is 17.0 Å². The van der Waals surface area contributed by atoms with Crippen LogP contribution in [0.2, 0.25) is 0 Å². The van der Waals surface area contributed by atoms with Gasteiger partial charge in [0.1, 0.15) is 5.82 Å². The Morgan fingerprint density at radius 3 is 2.70 bits per heavy atom. The van der Waals surface area contributed by atoms with Gasteiger partial charge in [-0.1, -0.05) is 6.92 Å². The van der Waals surface area contributed by atoms with Crippen molar-refractivity contribution >= 4 is 17.5 Å². The van der Waals surface area contributed by atoms with Crippen LogP contribution in [0.15, 0.2) is 24.3 Å². The summed E-state index contributed by atoms with van der Waals surface area (Å²) >= 11 is 0. The van der Waals surface area contributed by atoms with Crippen molar-refractivity contribution in [2.45, 2.75) is 32.7 Å². The fourth-order valence-corrected chi connectivity index (χ4v) is 2.22. The highest BCUT2D eigenvalue weighted by atomic mass is 19.1. The fraction of sp³-hybridized carbons (Fsp3) is 0.467. The quantitative estimate of drug-likeness (QED) is 0.917. The molecule has 0 saturated carbocycles. The van der Waals surface area contributed by atoms with E-state index in [1.165, 1.54) is 12.1 Å². The van der Waals surface area contributed by atoms with Crippen LogP contribution in [-0.2, 0) is 9.59 Å². The summed E-state index contributed by atoms with van der Waals surface area (Å²) in [7, 11) is 0. The van der Waals surface area contributed by atoms with Crippen LogP contribution in [0.5, 0.6) is 0 Å². The molecule has 1 aromatic rings. The summed E-state index contributed by atoms with van der Waals surface area (Å²) in [5, 5.41) is 2.90. The average Bonchev–Trinajstić information content (AvgIpc) is 2.81. The van der Waals surface area contributed by atoms with Crippen molar-refractivity contribution in [3.05, 3.63) is 30.1 Å². The number of hydrogen-bond donors (Lipinski definition) is 1. The zero-order chi connectivity index (χ0) is 14.7. The Bertz CT molecular complexity index is 501. The highest BCUT2D eigenvalue weighted by Gasteiger charge is 2.35. The van der Waals surface area contributed by atoms with Gasteiger partial charge in [-0.05, 0) is 37.6 Å². The molecule has 2 amide bonds. The fourth-order valence-electron chi connectivity index (χ4n) is 2.22. The Labute approximate surface area is 118 Å². The highest BCUT2D eigenvalue weighted by molar-refractivity contribution is 6.00. The number of carbonyl (C=O) groups is 2. The van der Waals surface area contributed by atoms with E-state index in [1.807, 2.05) is 13.8 Å². The first-order chi connectivity index (χ1) is 9.51. The molecule has 1 N–H and O–H groups in total. The van der Waals surface area contributed by atoms with Gasteiger partial charge in [-0.15, -0.1) is 0 Å². The van der Waals surface area contributed by atoms with E-state index in [0.29, 0.717) is 12.2 Å². The van der Waals surface area contributed by atoms with E-state index in [-0.39, 0.29) is 36.0 Å². The van der Waals surface area contributed by atoms with Gasteiger partial charge in [-0.2, -0.15) is 0 Å². The molecule has 1 aliphatic rings. The van der Waals surface area contributed by atoms with Crippen LogP contribution in [0.25, 0.3) is 0 Å². The number of benzene rings is 1. The predicted octanol–water partition coefficient (Wildman–Crippen LogP) is 2.09. The Kier molecular flexibility index (Phi) is 4.37. The number of hydrogen-bond acceptors (Lipinski definition) is 2. The van der Waals surface area contributed by atoms with Crippen LogP contribution in [0.1, 0.15) is 26.7 Å². The lowest BCUT2D eigenvalue weighted by Crippen LogP contribution is -2.38. The minimum atomic E-state index is -0.341. The molecule has 0 aromatic heterocycles. The molecule has 1 fully saturated rings. The van der Waals surface area contributed by atoms with Crippen molar-refractivity contribution in [2.75, 3.05) is 11.4 Å². The SMILES string of the molecule is CCC(C)NC(=O)C1CC(=O)N(c2ccc(F)cc2)C1. The molecule has 1 heterocycles. The van der Waals surface area contributed by atoms with Crippen LogP contribution in [0, 0.1) is 11.7 Å². The summed E-state index contributed by atoms with van der Waals surface area (Å²) < 4.78 is 12.9. The van der Waals surface area contributed by atoms with Gasteiger partial charge >= 0.3 is 0 Å². The molecule has 0 aliphatic carbocycles. The van der Waals surface area contributed by atoms with Crippen LogP contribution in [0.4, 0.5) is 10.1 Å². The predicted molar refractivity (Wildman–Crippen MR) is 74.8 cm³/mol. The second-order valence-electron chi connectivity index (χ2n) is 5.20. The lowest BCUT2D eigenvalue weighted by atomic mass is 10.1. The summed E-state index contributed by atoms with van der Waals surface area (Å²) in [6, 6.07) is 5.85. The molecule has 2 unspecified atom stereocenters. The van der Waals surface area contributed by atoms with Crippen LogP contribution in [-0.4, -0.2) is 24.4 Å². The van der Waals surface area contributed by atoms with Gasteiger partial charge in [-0.3, -0.25) is 9.59 Å². The van der Waals surface area contributed by atoms with Crippen LogP contribution >= 0.6 is 0 Å². The average molecular weight is 278 g/mol. The lowest BCUT2D eigenvalue weighted by Gasteiger charge is -2.18. The number of halogens is 1. The minimum absolute atomic E-state index is 0.0858. The van der Waals surface area contributed by atoms with Crippen molar-refractivity contribution in [3.8, 4) is 0 Å². The molecule has 1 aromatic carbocycles. The standard InChI is InChI=1S/C15H19FN2O2/c1-3-10(2)17-15(20)11-8-14(19)18(9-11)13-6-4-12(16)5-7-13/h4-7,10-11H,3,8-9H2,1-2H3,(H,17,20). The number of rotatable bonds is 4. The Balaban J connectivity index is 2.03. The molecule has 2 rings (SSSR count). The second kappa shape index (κ2) is 6.03. The van der Waals surface area contributed by atoms with Crippen molar-refractivity contribution in [1.82, 2.24) is 5.32 Å². The van der Waals surface area contributed by atoms with Crippen molar-refractivity contribution < 1.29 is 14.0 Å². The maximum atomic E-state index is 12.9. The molecule has 2 atom stereocenters. The summed E-state index contributed by atoms with van der Waals surface area (Å²) in [4.78, 5) is 25.6. The third kappa shape index (κ3) is 3.15. The monoisotopic (exact) mass is 278 g/mol. The third-order valence-corrected chi connectivity index (χ3v) is 3.64. The molecule has 5 heteroatoms. The largest absolute Gasteiger partial charge is 0.353 e. The Morgan fingerprint density at radius 2 is 2.10 bits per heavy atom. The van der Waals surface area contributed by atoms with Gasteiger partial charge in [0.05, 0.1) is 5.92 Å². The molecule has 20 heavy (non-hydrogen) atoms. The first-order valence-corrected chi connectivity index (χ1v) is 6.87. The summed E-state index contributed by atoms with van der Waals surface area (Å²) in [6.45, 7) is 4.29. The van der Waals surface area contributed by atoms with E-state index in [9.17, 15) is 14.0 Å². The van der Waals surface area contributed by atoms with E-state index < -0.39 is 0 Å². The first-order valence-electron chi connectivity index (χ1n) is 6.87. The summed E-state index contributed by atoms with van der Waals surface area (Å²) in [6.07, 6.45) is 1.06. The Morgan fingerprint density at radius 1 is 1.45 bits per heavy atom. The smallest absolute Gasteiger partial charge is 0.227 e. The number of carbonyl (C=O) groups excluding carboxylic acids is 2. The van der Waals surface area contributed by atoms with Crippen molar-refractivity contribution in [3.63, 3.8) is 0 Å². The molecular weight excluding hydrogens is 259 g/mol. The van der Waals surface area contributed by atoms with E-state index in [0.717, 1.165) is 6.42 Å². The van der Waals surface area contributed by atoms with Gasteiger partial charge < -0.3 is 10.2 Å². The molecule has 4 nitrogen and oxygen atoms in total.